The molecule has 126 valence electrons. The van der Waals surface area contributed by atoms with Crippen molar-refractivity contribution >= 4 is 23.7 Å². The fraction of sp³-hybridized carbons (Fsp3) is 0.176. The van der Waals surface area contributed by atoms with Crippen LogP contribution in [-0.2, 0) is 0 Å². The van der Waals surface area contributed by atoms with Crippen LogP contribution in [0.5, 0.6) is 5.75 Å². The van der Waals surface area contributed by atoms with Crippen LogP contribution in [0.2, 0.25) is 5.02 Å². The molecule has 0 saturated carbocycles. The van der Waals surface area contributed by atoms with Crippen LogP contribution in [-0.4, -0.2) is 18.7 Å². The number of aryl methyl sites for hydroxylation is 2. The van der Waals surface area contributed by atoms with E-state index in [0.29, 0.717) is 27.3 Å². The maximum Gasteiger partial charge on any atom is 0.387 e. The number of hydrogen-bond donors (Lipinski definition) is 1. The predicted octanol–water partition coefficient (Wildman–Crippen LogP) is 4.32. The average molecular weight is 353 g/mol. The van der Waals surface area contributed by atoms with Gasteiger partial charge in [-0.15, -0.1) is 0 Å². The third-order valence-electron chi connectivity index (χ3n) is 3.19. The van der Waals surface area contributed by atoms with E-state index in [4.69, 9.17) is 11.6 Å². The van der Waals surface area contributed by atoms with E-state index in [9.17, 15) is 13.6 Å². The van der Waals surface area contributed by atoms with Crippen molar-refractivity contribution in [3.8, 4) is 5.75 Å². The molecule has 4 nitrogen and oxygen atoms in total. The SMILES string of the molecule is Cc1cc(/C=N\NC(=O)c2ccccc2Cl)cc(C)c1OC(F)F. The topological polar surface area (TPSA) is 50.7 Å². The molecule has 2 aromatic carbocycles. The molecular weight excluding hydrogens is 338 g/mol. The Morgan fingerprint density at radius 2 is 1.88 bits per heavy atom. The summed E-state index contributed by atoms with van der Waals surface area (Å²) in [5.74, 6) is -0.301. The standard InChI is InChI=1S/C17H15ClF2N2O2/c1-10-7-12(8-11(2)15(10)24-17(19)20)9-21-22-16(23)13-5-3-4-6-14(13)18/h3-9,17H,1-2H3,(H,22,23)/b21-9-. The highest BCUT2D eigenvalue weighted by atomic mass is 35.5. The van der Waals surface area contributed by atoms with Crippen LogP contribution >= 0.6 is 11.6 Å². The van der Waals surface area contributed by atoms with Gasteiger partial charge >= 0.3 is 6.61 Å². The molecule has 0 atom stereocenters. The van der Waals surface area contributed by atoms with Crippen LogP contribution in [0.1, 0.15) is 27.0 Å². The van der Waals surface area contributed by atoms with E-state index in [1.807, 2.05) is 0 Å². The Bertz CT molecular complexity index is 756. The molecule has 0 radical (unpaired) electrons. The summed E-state index contributed by atoms with van der Waals surface area (Å²) in [4.78, 5) is 12.0. The van der Waals surface area contributed by atoms with Gasteiger partial charge in [-0.25, -0.2) is 5.43 Å². The molecule has 2 aromatic rings. The number of nitrogens with one attached hydrogen (secondary N) is 1. The fourth-order valence-electron chi connectivity index (χ4n) is 2.20. The van der Waals surface area contributed by atoms with Crippen LogP contribution in [0.15, 0.2) is 41.5 Å². The van der Waals surface area contributed by atoms with E-state index in [-0.39, 0.29) is 5.75 Å². The zero-order valence-electron chi connectivity index (χ0n) is 13.0. The smallest absolute Gasteiger partial charge is 0.387 e. The molecule has 0 saturated heterocycles. The van der Waals surface area contributed by atoms with Gasteiger partial charge in [0.1, 0.15) is 5.75 Å². The minimum absolute atomic E-state index is 0.141. The minimum Gasteiger partial charge on any atom is -0.434 e. The molecule has 0 bridgehead atoms. The monoisotopic (exact) mass is 352 g/mol. The van der Waals surface area contributed by atoms with Gasteiger partial charge in [-0.3, -0.25) is 4.79 Å². The lowest BCUT2D eigenvalue weighted by Gasteiger charge is -2.11. The second-order valence-corrected chi connectivity index (χ2v) is 5.45. The molecule has 1 amide bonds. The maximum absolute atomic E-state index is 12.4. The highest BCUT2D eigenvalue weighted by Crippen LogP contribution is 2.25. The van der Waals surface area contributed by atoms with E-state index in [0.717, 1.165) is 0 Å². The van der Waals surface area contributed by atoms with Gasteiger partial charge in [-0.05, 0) is 54.8 Å². The first-order valence-corrected chi connectivity index (χ1v) is 7.40. The van der Waals surface area contributed by atoms with E-state index >= 15 is 0 Å². The maximum atomic E-state index is 12.4. The van der Waals surface area contributed by atoms with Crippen molar-refractivity contribution in [3.05, 3.63) is 63.7 Å². The Morgan fingerprint density at radius 3 is 2.46 bits per heavy atom. The van der Waals surface area contributed by atoms with Crippen LogP contribution in [0.25, 0.3) is 0 Å². The molecular formula is C17H15ClF2N2O2. The summed E-state index contributed by atoms with van der Waals surface area (Å²) in [5.41, 5.74) is 4.42. The van der Waals surface area contributed by atoms with Gasteiger partial charge in [-0.1, -0.05) is 23.7 Å². The van der Waals surface area contributed by atoms with Crippen LogP contribution in [0.3, 0.4) is 0 Å². The van der Waals surface area contributed by atoms with Crippen molar-refractivity contribution in [2.75, 3.05) is 0 Å². The Labute approximate surface area is 143 Å². The van der Waals surface area contributed by atoms with Gasteiger partial charge in [0.15, 0.2) is 0 Å². The summed E-state index contributed by atoms with van der Waals surface area (Å²) in [6, 6.07) is 9.87. The first-order valence-electron chi connectivity index (χ1n) is 7.02. The van der Waals surface area contributed by atoms with Crippen molar-refractivity contribution in [2.24, 2.45) is 5.10 Å². The molecule has 0 unspecified atom stereocenters. The minimum atomic E-state index is -2.88. The number of hydrazone groups is 1. The molecule has 0 spiro atoms. The first kappa shape index (κ1) is 17.9. The largest absolute Gasteiger partial charge is 0.434 e. The van der Waals surface area contributed by atoms with Crippen LogP contribution < -0.4 is 10.2 Å². The van der Waals surface area contributed by atoms with Gasteiger partial charge in [0.05, 0.1) is 16.8 Å². The molecule has 1 N–H and O–H groups in total. The average Bonchev–Trinajstić information content (AvgIpc) is 2.51. The van der Waals surface area contributed by atoms with Crippen molar-refractivity contribution in [1.82, 2.24) is 5.43 Å². The zero-order chi connectivity index (χ0) is 17.7. The number of ether oxygens (including phenoxy) is 1. The molecule has 7 heteroatoms. The Balaban J connectivity index is 2.10. The number of carbonyl (C=O) groups excluding carboxylic acids is 1. The van der Waals surface area contributed by atoms with Gasteiger partial charge in [-0.2, -0.15) is 13.9 Å². The van der Waals surface area contributed by atoms with Crippen molar-refractivity contribution in [3.63, 3.8) is 0 Å². The fourth-order valence-corrected chi connectivity index (χ4v) is 2.43. The van der Waals surface area contributed by atoms with Gasteiger partial charge in [0.2, 0.25) is 0 Å². The van der Waals surface area contributed by atoms with E-state index in [1.165, 1.54) is 6.21 Å². The number of alkyl halides is 2. The number of amides is 1. The number of hydrogen-bond acceptors (Lipinski definition) is 3. The Morgan fingerprint density at radius 1 is 1.25 bits per heavy atom. The summed E-state index contributed by atoms with van der Waals surface area (Å²) >= 11 is 5.93. The summed E-state index contributed by atoms with van der Waals surface area (Å²) in [6.45, 7) is 0.436. The normalized spacial score (nSPS) is 11.1. The number of benzene rings is 2. The zero-order valence-corrected chi connectivity index (χ0v) is 13.8. The molecule has 0 aliphatic carbocycles. The quantitative estimate of drug-likeness (QED) is 0.643. The number of carbonyl (C=O) groups is 1. The lowest BCUT2D eigenvalue weighted by atomic mass is 10.1. The third kappa shape index (κ3) is 4.52. The summed E-state index contributed by atoms with van der Waals surface area (Å²) in [6.07, 6.45) is 1.42. The van der Waals surface area contributed by atoms with E-state index in [1.54, 1.807) is 50.2 Å². The lowest BCUT2D eigenvalue weighted by molar-refractivity contribution is -0.0507. The van der Waals surface area contributed by atoms with Crippen LogP contribution in [0, 0.1) is 13.8 Å². The second-order valence-electron chi connectivity index (χ2n) is 5.04. The number of rotatable bonds is 5. The first-order chi connectivity index (χ1) is 11.4. The summed E-state index contributed by atoms with van der Waals surface area (Å²) < 4.78 is 29.2. The molecule has 0 aromatic heterocycles. The molecule has 0 aliphatic rings. The molecule has 24 heavy (non-hydrogen) atoms. The van der Waals surface area contributed by atoms with Gasteiger partial charge < -0.3 is 4.74 Å². The number of nitrogens with zero attached hydrogens (tertiary/aromatic N) is 1. The Hall–Kier alpha value is -2.47. The second kappa shape index (κ2) is 7.88. The lowest BCUT2D eigenvalue weighted by Crippen LogP contribution is -2.18. The summed E-state index contributed by atoms with van der Waals surface area (Å²) in [5, 5.41) is 4.18. The number of halogens is 3. The predicted molar refractivity (Wildman–Crippen MR) is 89.1 cm³/mol. The third-order valence-corrected chi connectivity index (χ3v) is 3.52. The molecule has 0 fully saturated rings. The highest BCUT2D eigenvalue weighted by Gasteiger charge is 2.11. The molecule has 2 rings (SSSR count). The Kier molecular flexibility index (Phi) is 5.87. The van der Waals surface area contributed by atoms with Crippen molar-refractivity contribution in [2.45, 2.75) is 20.5 Å². The van der Waals surface area contributed by atoms with Crippen molar-refractivity contribution < 1.29 is 18.3 Å². The molecule has 0 heterocycles. The summed E-state index contributed by atoms with van der Waals surface area (Å²) in [7, 11) is 0. The van der Waals surface area contributed by atoms with Crippen LogP contribution in [0.4, 0.5) is 8.78 Å². The highest BCUT2D eigenvalue weighted by molar-refractivity contribution is 6.33. The van der Waals surface area contributed by atoms with Gasteiger partial charge in [0.25, 0.3) is 5.91 Å². The molecule has 0 aliphatic heterocycles. The van der Waals surface area contributed by atoms with E-state index < -0.39 is 12.5 Å². The van der Waals surface area contributed by atoms with Gasteiger partial charge in [0, 0.05) is 0 Å². The van der Waals surface area contributed by atoms with E-state index in [2.05, 4.69) is 15.3 Å². The van der Waals surface area contributed by atoms with Crippen molar-refractivity contribution in [1.29, 1.82) is 0 Å².